The summed E-state index contributed by atoms with van der Waals surface area (Å²) in [5, 5.41) is 3.62. The van der Waals surface area contributed by atoms with Crippen molar-refractivity contribution in [3.63, 3.8) is 0 Å². The van der Waals surface area contributed by atoms with Crippen LogP contribution < -0.4 is 10.7 Å². The highest BCUT2D eigenvalue weighted by Crippen LogP contribution is 2.06. The van der Waals surface area contributed by atoms with Crippen LogP contribution in [0.1, 0.15) is 36.8 Å². The minimum absolute atomic E-state index is 0.00959. The van der Waals surface area contributed by atoms with Gasteiger partial charge in [0.2, 0.25) is 5.78 Å². The molecule has 3 amide bonds. The molecule has 2 aromatic rings. The summed E-state index contributed by atoms with van der Waals surface area (Å²) in [6, 6.07) is 8.12. The predicted molar refractivity (Wildman–Crippen MR) is 109 cm³/mol. The van der Waals surface area contributed by atoms with Crippen LogP contribution in [0.4, 0.5) is 0 Å². The van der Waals surface area contributed by atoms with Crippen molar-refractivity contribution in [2.45, 2.75) is 33.2 Å². The highest BCUT2D eigenvalue weighted by atomic mass is 16.2. The summed E-state index contributed by atoms with van der Waals surface area (Å²) in [6.45, 7) is 4.99. The first-order valence-electron chi connectivity index (χ1n) is 9.51. The van der Waals surface area contributed by atoms with E-state index in [4.69, 9.17) is 0 Å². The average Bonchev–Trinajstić information content (AvgIpc) is 2.73. The van der Waals surface area contributed by atoms with Crippen LogP contribution in [0, 0.1) is 5.92 Å². The quantitative estimate of drug-likeness (QED) is 0.492. The Hall–Kier alpha value is -3.62. The number of ketones is 1. The first-order chi connectivity index (χ1) is 14.3. The summed E-state index contributed by atoms with van der Waals surface area (Å²) < 4.78 is 0. The first-order valence-corrected chi connectivity index (χ1v) is 9.51. The van der Waals surface area contributed by atoms with Crippen LogP contribution in [0.5, 0.6) is 0 Å². The fourth-order valence-electron chi connectivity index (χ4n) is 2.65. The minimum Gasteiger partial charge on any atom is -0.338 e. The molecule has 0 bridgehead atoms. The number of Topliss-reactive ketones (excluding diaryl/α,β-unsaturated/α-hetero) is 1. The van der Waals surface area contributed by atoms with E-state index in [2.05, 4.69) is 20.7 Å². The zero-order chi connectivity index (χ0) is 22.1. The van der Waals surface area contributed by atoms with Crippen molar-refractivity contribution in [3.05, 3.63) is 60.2 Å². The van der Waals surface area contributed by atoms with E-state index in [-0.39, 0.29) is 24.6 Å². The van der Waals surface area contributed by atoms with Crippen LogP contribution in [0.2, 0.25) is 0 Å². The van der Waals surface area contributed by atoms with E-state index in [9.17, 15) is 19.2 Å². The van der Waals surface area contributed by atoms with Gasteiger partial charge in [-0.25, -0.2) is 9.99 Å². The lowest BCUT2D eigenvalue weighted by molar-refractivity contribution is -0.149. The highest BCUT2D eigenvalue weighted by molar-refractivity contribution is 6.35. The zero-order valence-corrected chi connectivity index (χ0v) is 17.2. The van der Waals surface area contributed by atoms with Gasteiger partial charge in [0, 0.05) is 32.3 Å². The molecule has 0 aliphatic rings. The van der Waals surface area contributed by atoms with E-state index in [0.717, 1.165) is 17.5 Å². The molecule has 1 aromatic carbocycles. The molecule has 0 saturated carbocycles. The largest absolute Gasteiger partial charge is 0.338 e. The highest BCUT2D eigenvalue weighted by Gasteiger charge is 2.27. The Morgan fingerprint density at radius 1 is 1.07 bits per heavy atom. The molecule has 9 nitrogen and oxygen atoms in total. The Morgan fingerprint density at radius 3 is 2.33 bits per heavy atom. The molecule has 158 valence electrons. The van der Waals surface area contributed by atoms with Gasteiger partial charge >= 0.3 is 5.91 Å². The number of nitrogens with zero attached hydrogens (tertiary/aromatic N) is 3. The number of amides is 3. The van der Waals surface area contributed by atoms with Gasteiger partial charge in [0.05, 0.1) is 6.20 Å². The topological polar surface area (TPSA) is 121 Å². The van der Waals surface area contributed by atoms with Gasteiger partial charge in [0.15, 0.2) is 0 Å². The summed E-state index contributed by atoms with van der Waals surface area (Å²) in [5.74, 6) is -2.70. The third kappa shape index (κ3) is 6.77. The molecule has 0 saturated heterocycles. The Kier molecular flexibility index (Phi) is 8.16. The van der Waals surface area contributed by atoms with Crippen LogP contribution in [-0.2, 0) is 20.8 Å². The molecule has 0 radical (unpaired) electrons. The van der Waals surface area contributed by atoms with Gasteiger partial charge in [0.25, 0.3) is 11.8 Å². The minimum atomic E-state index is -1.00. The maximum absolute atomic E-state index is 13.0. The lowest BCUT2D eigenvalue weighted by Gasteiger charge is -2.27. The number of aromatic nitrogens is 2. The summed E-state index contributed by atoms with van der Waals surface area (Å²) in [7, 11) is 0. The van der Waals surface area contributed by atoms with Gasteiger partial charge in [-0.05, 0) is 11.5 Å². The molecule has 2 rings (SSSR count). The van der Waals surface area contributed by atoms with Crippen LogP contribution in [-0.4, -0.2) is 51.1 Å². The van der Waals surface area contributed by atoms with Crippen LogP contribution >= 0.6 is 0 Å². The van der Waals surface area contributed by atoms with Crippen molar-refractivity contribution >= 4 is 23.5 Å². The Balaban J connectivity index is 2.22. The van der Waals surface area contributed by atoms with E-state index in [1.54, 1.807) is 0 Å². The second-order valence-corrected chi connectivity index (χ2v) is 7.15. The Bertz CT molecular complexity index is 887. The van der Waals surface area contributed by atoms with Crippen LogP contribution in [0.25, 0.3) is 0 Å². The zero-order valence-electron chi connectivity index (χ0n) is 17.2. The number of rotatable bonds is 8. The van der Waals surface area contributed by atoms with Crippen molar-refractivity contribution in [1.29, 1.82) is 0 Å². The summed E-state index contributed by atoms with van der Waals surface area (Å²) in [5.41, 5.74) is 3.35. The van der Waals surface area contributed by atoms with E-state index in [1.165, 1.54) is 18.6 Å². The van der Waals surface area contributed by atoms with Crippen LogP contribution in [0.3, 0.4) is 0 Å². The van der Waals surface area contributed by atoms with Gasteiger partial charge in [-0.2, -0.15) is 0 Å². The molecule has 0 unspecified atom stereocenters. The van der Waals surface area contributed by atoms with Crippen molar-refractivity contribution in [3.8, 4) is 0 Å². The number of hydrazine groups is 1. The fourth-order valence-corrected chi connectivity index (χ4v) is 2.65. The molecular weight excluding hydrogens is 386 g/mol. The summed E-state index contributed by atoms with van der Waals surface area (Å²) in [4.78, 5) is 57.0. The predicted octanol–water partition coefficient (Wildman–Crippen LogP) is 0.923. The van der Waals surface area contributed by atoms with Gasteiger partial charge in [-0.15, -0.1) is 0 Å². The van der Waals surface area contributed by atoms with E-state index in [1.807, 2.05) is 44.2 Å². The number of carbonyl (C=O) groups is 4. The standard InChI is InChI=1S/C21H25N5O4/c1-14(2)13-26(21(30)15(3)27)25-20(29)17(11-16-7-5-4-6-8-16)24-19(28)18-12-22-9-10-23-18/h4-10,12,14,17H,11,13H2,1-3H3,(H,24,28)(H,25,29)/t17-/m0/s1. The fraction of sp³-hybridized carbons (Fsp3) is 0.333. The molecule has 0 fully saturated rings. The van der Waals surface area contributed by atoms with Crippen LogP contribution in [0.15, 0.2) is 48.9 Å². The summed E-state index contributed by atoms with van der Waals surface area (Å²) in [6.07, 6.45) is 4.28. The monoisotopic (exact) mass is 411 g/mol. The third-order valence-electron chi connectivity index (χ3n) is 4.04. The lowest BCUT2D eigenvalue weighted by atomic mass is 10.1. The second kappa shape index (κ2) is 10.8. The van der Waals surface area contributed by atoms with E-state index in [0.29, 0.717) is 0 Å². The maximum Gasteiger partial charge on any atom is 0.308 e. The molecule has 9 heteroatoms. The number of hydrogen-bond acceptors (Lipinski definition) is 6. The molecular formula is C21H25N5O4. The Labute approximate surface area is 174 Å². The average molecular weight is 411 g/mol. The molecule has 0 spiro atoms. The van der Waals surface area contributed by atoms with Gasteiger partial charge in [-0.3, -0.25) is 29.6 Å². The molecule has 0 aliphatic heterocycles. The maximum atomic E-state index is 13.0. The third-order valence-corrected chi connectivity index (χ3v) is 4.04. The molecule has 2 N–H and O–H groups in total. The van der Waals surface area contributed by atoms with Gasteiger partial charge in [-0.1, -0.05) is 44.2 Å². The molecule has 1 aromatic heterocycles. The van der Waals surface area contributed by atoms with E-state index < -0.39 is 29.5 Å². The van der Waals surface area contributed by atoms with Crippen molar-refractivity contribution in [1.82, 2.24) is 25.7 Å². The molecule has 1 heterocycles. The number of carbonyl (C=O) groups excluding carboxylic acids is 4. The number of nitrogens with one attached hydrogen (secondary N) is 2. The molecule has 0 aliphatic carbocycles. The van der Waals surface area contributed by atoms with Gasteiger partial charge in [0.1, 0.15) is 11.7 Å². The SMILES string of the molecule is CC(=O)C(=O)N(CC(C)C)NC(=O)[C@H](Cc1ccccc1)NC(=O)c1cnccn1. The second-order valence-electron chi connectivity index (χ2n) is 7.15. The van der Waals surface area contributed by atoms with Crippen molar-refractivity contribution in [2.24, 2.45) is 5.92 Å². The first kappa shape index (κ1) is 22.7. The number of hydrogen-bond donors (Lipinski definition) is 2. The van der Waals surface area contributed by atoms with Crippen molar-refractivity contribution in [2.75, 3.05) is 6.54 Å². The smallest absolute Gasteiger partial charge is 0.308 e. The molecule has 1 atom stereocenters. The van der Waals surface area contributed by atoms with Crippen molar-refractivity contribution < 1.29 is 19.2 Å². The van der Waals surface area contributed by atoms with Gasteiger partial charge < -0.3 is 5.32 Å². The summed E-state index contributed by atoms with van der Waals surface area (Å²) >= 11 is 0. The lowest BCUT2D eigenvalue weighted by Crippen LogP contribution is -2.56. The Morgan fingerprint density at radius 2 is 1.77 bits per heavy atom. The molecule has 30 heavy (non-hydrogen) atoms. The van der Waals surface area contributed by atoms with E-state index >= 15 is 0 Å². The normalized spacial score (nSPS) is 11.5. The number of benzene rings is 1.